The molecule has 4 N–H and O–H groups in total. The van der Waals surface area contributed by atoms with E-state index in [1.54, 1.807) is 24.3 Å². The van der Waals surface area contributed by atoms with Crippen LogP contribution in [0.1, 0.15) is 25.0 Å². The second-order valence-corrected chi connectivity index (χ2v) is 11.4. The van der Waals surface area contributed by atoms with Crippen molar-refractivity contribution in [3.63, 3.8) is 0 Å². The quantitative estimate of drug-likeness (QED) is 0.118. The van der Waals surface area contributed by atoms with Crippen LogP contribution in [0.15, 0.2) is 122 Å². The smallest absolute Gasteiger partial charge is 0.547 e. The van der Waals surface area contributed by atoms with Gasteiger partial charge < -0.3 is 60.0 Å². The SMILES string of the molecule is C=C(C)C(=O)OCCNC(=O)Oc1ccc(C2(C(=O)[O-])C=CC=CN2)cc1.C=C(C)C(=O)OCCNC(=O)Oc1ccc(C2(C(=O)[O-])C=CC=CN2)cc1.[Ir+3]. The van der Waals surface area contributed by atoms with Gasteiger partial charge in [0.2, 0.25) is 0 Å². The maximum absolute atomic E-state index is 11.7. The number of ether oxygens (including phenoxy) is 4. The van der Waals surface area contributed by atoms with Gasteiger partial charge in [-0.1, -0.05) is 49.6 Å². The molecule has 2 unspecified atom stereocenters. The average Bonchev–Trinajstić information content (AvgIpc) is 3.16. The third kappa shape index (κ3) is 12.9. The van der Waals surface area contributed by atoms with E-state index in [1.165, 1.54) is 86.9 Å². The number of hydrogen-bond donors (Lipinski definition) is 4. The number of hydrogen-bond acceptors (Lipinski definition) is 14. The molecule has 16 nitrogen and oxygen atoms in total. The Hall–Kier alpha value is -6.45. The Kier molecular flexibility index (Phi) is 17.3. The van der Waals surface area contributed by atoms with Gasteiger partial charge in [-0.05, 0) is 85.9 Å². The minimum absolute atomic E-state index is 0. The number of benzene rings is 2. The van der Waals surface area contributed by atoms with Crippen molar-refractivity contribution in [2.75, 3.05) is 26.3 Å². The summed E-state index contributed by atoms with van der Waals surface area (Å²) in [7, 11) is 0. The van der Waals surface area contributed by atoms with Crippen LogP contribution in [0, 0.1) is 0 Å². The average molecular weight is 935 g/mol. The molecule has 2 atom stereocenters. The van der Waals surface area contributed by atoms with Crippen LogP contribution in [-0.4, -0.2) is 62.4 Å². The van der Waals surface area contributed by atoms with E-state index >= 15 is 0 Å². The number of carbonyl (C=O) groups is 6. The minimum atomic E-state index is -1.48. The number of nitrogens with one attached hydrogen (secondary N) is 4. The zero-order valence-corrected chi connectivity index (χ0v) is 32.1. The van der Waals surface area contributed by atoms with Gasteiger partial charge in [0.15, 0.2) is 0 Å². The molecule has 290 valence electrons. The Bertz CT molecular complexity index is 1740. The Balaban J connectivity index is 0.000000373. The molecule has 0 fully saturated rings. The number of carbonyl (C=O) groups excluding carboxylic acids is 6. The third-order valence-corrected chi connectivity index (χ3v) is 7.32. The second kappa shape index (κ2) is 21.3. The first-order valence-corrected chi connectivity index (χ1v) is 16.1. The van der Waals surface area contributed by atoms with Crippen LogP contribution in [-0.2, 0) is 59.8 Å². The van der Waals surface area contributed by atoms with E-state index in [0.29, 0.717) is 11.1 Å². The van der Waals surface area contributed by atoms with Crippen molar-refractivity contribution in [1.82, 2.24) is 21.3 Å². The molecule has 55 heavy (non-hydrogen) atoms. The third-order valence-electron chi connectivity index (χ3n) is 7.32. The summed E-state index contributed by atoms with van der Waals surface area (Å²) in [4.78, 5) is 69.0. The van der Waals surface area contributed by atoms with Gasteiger partial charge >= 0.3 is 44.2 Å². The van der Waals surface area contributed by atoms with E-state index in [0.717, 1.165) is 0 Å². The van der Waals surface area contributed by atoms with Crippen molar-refractivity contribution in [2.24, 2.45) is 0 Å². The number of esters is 2. The van der Waals surface area contributed by atoms with Crippen molar-refractivity contribution in [3.8, 4) is 11.5 Å². The van der Waals surface area contributed by atoms with E-state index in [9.17, 15) is 39.0 Å². The van der Waals surface area contributed by atoms with Crippen molar-refractivity contribution < 1.29 is 78.0 Å². The standard InChI is InChI=1S/2C19H20N2O6.Ir/c2*1-13(2)16(22)26-12-11-20-18(25)27-15-7-5-14(6-8-15)19(17(23)24)9-3-4-10-21-19;/h2*3-10,21H,1,11-12H2,2H3,(H,20,25)(H,23,24);/q;;+3/p-2. The normalized spacial score (nSPS) is 17.2. The van der Waals surface area contributed by atoms with Crippen LogP contribution in [0.3, 0.4) is 0 Å². The number of dihydropyridines is 2. The van der Waals surface area contributed by atoms with Crippen molar-refractivity contribution in [3.05, 3.63) is 133 Å². The molecule has 0 bridgehead atoms. The zero-order valence-electron chi connectivity index (χ0n) is 29.7. The van der Waals surface area contributed by atoms with E-state index < -0.39 is 47.1 Å². The number of rotatable bonds is 14. The first-order valence-electron chi connectivity index (χ1n) is 16.1. The molecule has 2 amide bonds. The van der Waals surface area contributed by atoms with Gasteiger partial charge in [0.25, 0.3) is 0 Å². The van der Waals surface area contributed by atoms with Crippen molar-refractivity contribution >= 4 is 36.1 Å². The van der Waals surface area contributed by atoms with E-state index in [4.69, 9.17) is 18.9 Å². The molecule has 2 aliphatic heterocycles. The van der Waals surface area contributed by atoms with Crippen LogP contribution in [0.25, 0.3) is 0 Å². The second-order valence-electron chi connectivity index (χ2n) is 11.4. The van der Waals surface area contributed by atoms with E-state index in [1.807, 2.05) is 0 Å². The fourth-order valence-corrected chi connectivity index (χ4v) is 4.51. The largest absolute Gasteiger partial charge is 3.00 e. The summed E-state index contributed by atoms with van der Waals surface area (Å²) in [6.45, 7) is 10.0. The van der Waals surface area contributed by atoms with Crippen LogP contribution in [0.5, 0.6) is 11.5 Å². The number of aliphatic carboxylic acids is 2. The van der Waals surface area contributed by atoms with Gasteiger partial charge in [-0.15, -0.1) is 0 Å². The van der Waals surface area contributed by atoms with Gasteiger partial charge in [0, 0.05) is 11.1 Å². The topological polar surface area (TPSA) is 234 Å². The molecular formula is C38H38IrN4O12+. The first-order chi connectivity index (χ1) is 25.7. The summed E-state index contributed by atoms with van der Waals surface area (Å²) >= 11 is 0. The molecule has 0 aromatic heterocycles. The molecule has 2 aromatic carbocycles. The number of allylic oxidation sites excluding steroid dienone is 4. The van der Waals surface area contributed by atoms with E-state index in [-0.39, 0.29) is 69.1 Å². The molecule has 0 saturated heterocycles. The maximum atomic E-state index is 11.7. The molecule has 2 aliphatic rings. The summed E-state index contributed by atoms with van der Waals surface area (Å²) in [6, 6.07) is 11.9. The van der Waals surface area contributed by atoms with Crippen molar-refractivity contribution in [2.45, 2.75) is 24.9 Å². The monoisotopic (exact) mass is 935 g/mol. The molecule has 2 heterocycles. The Morgan fingerprint density at radius 3 is 1.24 bits per heavy atom. The summed E-state index contributed by atoms with van der Waals surface area (Å²) in [6.07, 6.45) is 11.0. The van der Waals surface area contributed by atoms with Gasteiger partial charge in [-0.25, -0.2) is 19.2 Å². The van der Waals surface area contributed by atoms with Gasteiger partial charge in [-0.2, -0.15) is 0 Å². The number of amides is 2. The summed E-state index contributed by atoms with van der Waals surface area (Å²) in [5.74, 6) is -3.25. The van der Waals surface area contributed by atoms with Gasteiger partial charge in [0.05, 0.1) is 25.0 Å². The Morgan fingerprint density at radius 1 is 0.618 bits per heavy atom. The molecular weight excluding hydrogens is 897 g/mol. The number of carboxylic acid groups (broad SMARTS) is 2. The Labute approximate surface area is 330 Å². The van der Waals surface area contributed by atoms with Crippen LogP contribution in [0.2, 0.25) is 0 Å². The summed E-state index contributed by atoms with van der Waals surface area (Å²) < 4.78 is 19.8. The predicted octanol–water partition coefficient (Wildman–Crippen LogP) is 1.02. The molecule has 2 aromatic rings. The molecule has 17 heteroatoms. The first kappa shape index (κ1) is 44.7. The minimum Gasteiger partial charge on any atom is -0.547 e. The fourth-order valence-electron chi connectivity index (χ4n) is 4.51. The van der Waals surface area contributed by atoms with Gasteiger partial charge in [-0.3, -0.25) is 0 Å². The maximum Gasteiger partial charge on any atom is 3.00 e. The van der Waals surface area contributed by atoms with Crippen LogP contribution in [0.4, 0.5) is 9.59 Å². The van der Waals surface area contributed by atoms with Gasteiger partial charge in [0.1, 0.15) is 35.8 Å². The van der Waals surface area contributed by atoms with Crippen LogP contribution < -0.4 is 41.0 Å². The Morgan fingerprint density at radius 2 is 0.964 bits per heavy atom. The fraction of sp³-hybridized carbons (Fsp3) is 0.211. The van der Waals surface area contributed by atoms with E-state index in [2.05, 4.69) is 34.4 Å². The molecule has 0 aliphatic carbocycles. The summed E-state index contributed by atoms with van der Waals surface area (Å²) in [5, 5.41) is 33.5. The van der Waals surface area contributed by atoms with Crippen molar-refractivity contribution in [1.29, 1.82) is 0 Å². The predicted molar refractivity (Wildman–Crippen MR) is 189 cm³/mol. The number of carboxylic acids is 2. The molecule has 4 rings (SSSR count). The summed E-state index contributed by atoms with van der Waals surface area (Å²) in [5.41, 5.74) is -1.59. The molecule has 0 spiro atoms. The van der Waals surface area contributed by atoms with Crippen LogP contribution >= 0.6 is 0 Å². The zero-order chi connectivity index (χ0) is 39.7. The molecule has 0 radical (unpaired) electrons. The molecule has 0 saturated carbocycles.